The van der Waals surface area contributed by atoms with Crippen LogP contribution in [0.5, 0.6) is 5.75 Å². The monoisotopic (exact) mass is 390 g/mol. The molecule has 144 valence electrons. The number of benzene rings is 2. The summed E-state index contributed by atoms with van der Waals surface area (Å²) in [4.78, 5) is 12.4. The molecule has 0 saturated heterocycles. The molecule has 1 unspecified atom stereocenters. The van der Waals surface area contributed by atoms with Gasteiger partial charge in [-0.2, -0.15) is 0 Å². The van der Waals surface area contributed by atoms with Gasteiger partial charge in [0.25, 0.3) is 5.91 Å². The molecule has 0 saturated carbocycles. The van der Waals surface area contributed by atoms with Crippen molar-refractivity contribution in [1.29, 1.82) is 0 Å². The van der Waals surface area contributed by atoms with Crippen LogP contribution in [-0.2, 0) is 25.3 Å². The number of methoxy groups -OCH3 is 1. The van der Waals surface area contributed by atoms with E-state index in [1.54, 1.807) is 48.5 Å². The molecule has 7 nitrogen and oxygen atoms in total. The first-order valence-corrected chi connectivity index (χ1v) is 10.2. The fourth-order valence-electron chi connectivity index (χ4n) is 2.86. The van der Waals surface area contributed by atoms with E-state index in [1.165, 1.54) is 11.4 Å². The molecule has 2 aromatic carbocycles. The molecule has 2 aromatic rings. The van der Waals surface area contributed by atoms with Crippen LogP contribution in [0.4, 0.5) is 5.69 Å². The number of carbonyl (C=O) groups excluding carboxylic acids is 1. The summed E-state index contributed by atoms with van der Waals surface area (Å²) in [5.74, 6) is -0.158. The van der Waals surface area contributed by atoms with E-state index in [0.29, 0.717) is 30.2 Å². The van der Waals surface area contributed by atoms with E-state index in [2.05, 4.69) is 5.32 Å². The van der Waals surface area contributed by atoms with Gasteiger partial charge >= 0.3 is 0 Å². The standard InChI is InChI=1S/C19H22N2O5S/c1-25-12-11-20-19(22)18-13-21(16-9-5-6-10-17(16)26-18)27(23,24)14-15-7-3-2-4-8-15/h2-10,18H,11-14H2,1H3,(H,20,22). The molecule has 1 aliphatic heterocycles. The van der Waals surface area contributed by atoms with E-state index in [1.807, 2.05) is 6.07 Å². The quantitative estimate of drug-likeness (QED) is 0.725. The van der Waals surface area contributed by atoms with Crippen molar-refractivity contribution >= 4 is 21.6 Å². The van der Waals surface area contributed by atoms with Gasteiger partial charge in [0, 0.05) is 13.7 Å². The van der Waals surface area contributed by atoms with Gasteiger partial charge in [-0.25, -0.2) is 8.42 Å². The van der Waals surface area contributed by atoms with Crippen molar-refractivity contribution in [2.45, 2.75) is 11.9 Å². The van der Waals surface area contributed by atoms with Gasteiger partial charge in [-0.15, -0.1) is 0 Å². The van der Waals surface area contributed by atoms with Gasteiger partial charge in [-0.1, -0.05) is 42.5 Å². The number of fused-ring (bicyclic) bond motifs is 1. The molecular weight excluding hydrogens is 368 g/mol. The molecule has 0 aliphatic carbocycles. The molecule has 1 amide bonds. The number of nitrogens with zero attached hydrogens (tertiary/aromatic N) is 1. The molecule has 8 heteroatoms. The van der Waals surface area contributed by atoms with Crippen molar-refractivity contribution < 1.29 is 22.7 Å². The third kappa shape index (κ3) is 4.58. The number of hydrogen-bond donors (Lipinski definition) is 1. The van der Waals surface area contributed by atoms with E-state index in [-0.39, 0.29) is 18.2 Å². The predicted octanol–water partition coefficient (Wildman–Crippen LogP) is 1.55. The van der Waals surface area contributed by atoms with Crippen molar-refractivity contribution in [3.05, 3.63) is 60.2 Å². The lowest BCUT2D eigenvalue weighted by Gasteiger charge is -2.34. The molecule has 0 spiro atoms. The highest BCUT2D eigenvalue weighted by molar-refractivity contribution is 7.92. The molecule has 0 radical (unpaired) electrons. The Morgan fingerprint density at radius 2 is 1.89 bits per heavy atom. The normalized spacial score (nSPS) is 16.3. The maximum atomic E-state index is 13.1. The minimum atomic E-state index is -3.69. The van der Waals surface area contributed by atoms with Crippen LogP contribution in [-0.4, -0.2) is 47.2 Å². The van der Waals surface area contributed by atoms with E-state index in [9.17, 15) is 13.2 Å². The van der Waals surface area contributed by atoms with Crippen LogP contribution in [0.3, 0.4) is 0 Å². The zero-order valence-electron chi connectivity index (χ0n) is 15.0. The van der Waals surface area contributed by atoms with Gasteiger partial charge in [-0.3, -0.25) is 9.10 Å². The van der Waals surface area contributed by atoms with Crippen LogP contribution >= 0.6 is 0 Å². The van der Waals surface area contributed by atoms with Crippen molar-refractivity contribution in [2.75, 3.05) is 31.1 Å². The van der Waals surface area contributed by atoms with E-state index in [4.69, 9.17) is 9.47 Å². The van der Waals surface area contributed by atoms with Gasteiger partial charge < -0.3 is 14.8 Å². The molecule has 0 bridgehead atoms. The molecule has 3 rings (SSSR count). The first-order chi connectivity index (χ1) is 13.0. The molecule has 0 fully saturated rings. The smallest absolute Gasteiger partial charge is 0.263 e. The van der Waals surface area contributed by atoms with Crippen molar-refractivity contribution in [2.24, 2.45) is 0 Å². The van der Waals surface area contributed by atoms with Crippen molar-refractivity contribution in [1.82, 2.24) is 5.32 Å². The van der Waals surface area contributed by atoms with Gasteiger partial charge in [0.05, 0.1) is 24.6 Å². The number of amides is 1. The van der Waals surface area contributed by atoms with Crippen LogP contribution in [0, 0.1) is 0 Å². The van der Waals surface area contributed by atoms with Gasteiger partial charge in [0.15, 0.2) is 6.10 Å². The Morgan fingerprint density at radius 3 is 2.63 bits per heavy atom. The summed E-state index contributed by atoms with van der Waals surface area (Å²) in [5, 5.41) is 2.70. The van der Waals surface area contributed by atoms with Crippen LogP contribution in [0.2, 0.25) is 0 Å². The number of sulfonamides is 1. The van der Waals surface area contributed by atoms with Gasteiger partial charge in [0.2, 0.25) is 10.0 Å². The Labute approximate surface area is 158 Å². The van der Waals surface area contributed by atoms with Gasteiger partial charge in [-0.05, 0) is 17.7 Å². The summed E-state index contributed by atoms with van der Waals surface area (Å²) in [5.41, 5.74) is 1.12. The first-order valence-electron chi connectivity index (χ1n) is 8.58. The van der Waals surface area contributed by atoms with Crippen molar-refractivity contribution in [3.63, 3.8) is 0 Å². The van der Waals surface area contributed by atoms with Gasteiger partial charge in [0.1, 0.15) is 5.75 Å². The molecule has 27 heavy (non-hydrogen) atoms. The molecule has 1 aliphatic rings. The number of anilines is 1. The Kier molecular flexibility index (Phi) is 5.98. The zero-order valence-corrected chi connectivity index (χ0v) is 15.8. The van der Waals surface area contributed by atoms with E-state index < -0.39 is 16.1 Å². The van der Waals surface area contributed by atoms with E-state index >= 15 is 0 Å². The Balaban J connectivity index is 1.85. The fourth-order valence-corrected chi connectivity index (χ4v) is 4.44. The second-order valence-corrected chi connectivity index (χ2v) is 8.02. The highest BCUT2D eigenvalue weighted by Crippen LogP contribution is 2.35. The van der Waals surface area contributed by atoms with Crippen LogP contribution in [0.15, 0.2) is 54.6 Å². The average molecular weight is 390 g/mol. The lowest BCUT2D eigenvalue weighted by atomic mass is 10.2. The summed E-state index contributed by atoms with van der Waals surface area (Å²) in [6.45, 7) is 0.615. The third-order valence-corrected chi connectivity index (χ3v) is 5.88. The maximum absolute atomic E-state index is 13.1. The fraction of sp³-hybridized carbons (Fsp3) is 0.316. The van der Waals surface area contributed by atoms with Crippen molar-refractivity contribution in [3.8, 4) is 5.75 Å². The third-order valence-electron chi connectivity index (χ3n) is 4.16. The Bertz CT molecular complexity index is 886. The van der Waals surface area contributed by atoms with Crippen LogP contribution in [0.1, 0.15) is 5.56 Å². The highest BCUT2D eigenvalue weighted by Gasteiger charge is 2.36. The summed E-state index contributed by atoms with van der Waals surface area (Å²) < 4.78 is 38.0. The van der Waals surface area contributed by atoms with E-state index in [0.717, 1.165) is 0 Å². The largest absolute Gasteiger partial charge is 0.476 e. The number of para-hydroxylation sites is 2. The lowest BCUT2D eigenvalue weighted by molar-refractivity contribution is -0.127. The predicted molar refractivity (Wildman–Crippen MR) is 102 cm³/mol. The topological polar surface area (TPSA) is 84.9 Å². The summed E-state index contributed by atoms with van der Waals surface area (Å²) in [6.07, 6.45) is -0.928. The number of rotatable bonds is 7. The average Bonchev–Trinajstić information content (AvgIpc) is 2.67. The minimum Gasteiger partial charge on any atom is -0.476 e. The highest BCUT2D eigenvalue weighted by atomic mass is 32.2. The number of nitrogens with one attached hydrogen (secondary N) is 1. The Morgan fingerprint density at radius 1 is 1.19 bits per heavy atom. The minimum absolute atomic E-state index is 0.0784. The van der Waals surface area contributed by atoms with Crippen LogP contribution < -0.4 is 14.4 Å². The summed E-state index contributed by atoms with van der Waals surface area (Å²) in [7, 11) is -2.15. The Hall–Kier alpha value is -2.58. The summed E-state index contributed by atoms with van der Waals surface area (Å²) in [6, 6.07) is 15.8. The molecule has 1 atom stereocenters. The zero-order chi connectivity index (χ0) is 19.3. The number of ether oxygens (including phenoxy) is 2. The molecule has 0 aromatic heterocycles. The van der Waals surface area contributed by atoms with Crippen LogP contribution in [0.25, 0.3) is 0 Å². The molecule has 1 N–H and O–H groups in total. The molecule has 1 heterocycles. The molecular formula is C19H22N2O5S. The lowest BCUT2D eigenvalue weighted by Crippen LogP contribution is -2.51. The summed E-state index contributed by atoms with van der Waals surface area (Å²) >= 11 is 0. The number of hydrogen-bond acceptors (Lipinski definition) is 5. The second kappa shape index (κ2) is 8.41. The number of carbonyl (C=O) groups is 1. The first kappa shape index (κ1) is 19.2. The second-order valence-electron chi connectivity index (χ2n) is 6.13. The SMILES string of the molecule is COCCNC(=O)C1CN(S(=O)(=O)Cc2ccccc2)c2ccccc2O1. The maximum Gasteiger partial charge on any atom is 0.263 e.